The molecule has 0 unspecified atom stereocenters. The third-order valence-corrected chi connectivity index (χ3v) is 5.20. The normalized spacial score (nSPS) is 16.5. The van der Waals surface area contributed by atoms with E-state index in [0.29, 0.717) is 19.3 Å². The molecule has 0 spiro atoms. The summed E-state index contributed by atoms with van der Waals surface area (Å²) in [5.74, 6) is -0.144. The van der Waals surface area contributed by atoms with Crippen LogP contribution < -0.4 is 4.90 Å². The minimum Gasteiger partial charge on any atom is -0.268 e. The molecule has 1 aliphatic heterocycles. The minimum absolute atomic E-state index is 0.144. The summed E-state index contributed by atoms with van der Waals surface area (Å²) in [5.41, 5.74) is 2.63. The largest absolute Gasteiger partial charge is 0.270 e. The van der Waals surface area contributed by atoms with Crippen LogP contribution in [0.2, 0.25) is 10.0 Å². The number of rotatable bonds is 2. The Hall–Kier alpha value is -1.33. The maximum Gasteiger partial charge on any atom is 0.270 e. The highest BCUT2D eigenvalue weighted by molar-refractivity contribution is 8.27. The van der Waals surface area contributed by atoms with Gasteiger partial charge in [-0.3, -0.25) is 9.69 Å². The molecule has 0 radical (unpaired) electrons. The van der Waals surface area contributed by atoms with Gasteiger partial charge in [-0.25, -0.2) is 0 Å². The predicted octanol–water partition coefficient (Wildman–Crippen LogP) is 5.71. The summed E-state index contributed by atoms with van der Waals surface area (Å²) in [6.45, 7) is 2.00. The standard InChI is InChI=1S/C17H11Cl2NOS2/c1-10-2-6-13(7-3-10)20-16(21)15(23-17(20)22)8-11-4-5-12(18)9-14(11)19/h2-9H,1H3/b15-8-. The van der Waals surface area contributed by atoms with E-state index in [1.807, 2.05) is 31.2 Å². The van der Waals surface area contributed by atoms with Crippen molar-refractivity contribution in [1.82, 2.24) is 0 Å². The van der Waals surface area contributed by atoms with Crippen molar-refractivity contribution < 1.29 is 4.79 Å². The summed E-state index contributed by atoms with van der Waals surface area (Å²) in [6.07, 6.45) is 1.74. The number of thioether (sulfide) groups is 1. The van der Waals surface area contributed by atoms with Gasteiger partial charge in [-0.2, -0.15) is 0 Å². The lowest BCUT2D eigenvalue weighted by Crippen LogP contribution is -2.27. The van der Waals surface area contributed by atoms with Crippen molar-refractivity contribution in [3.05, 3.63) is 68.5 Å². The Morgan fingerprint density at radius 3 is 2.48 bits per heavy atom. The smallest absolute Gasteiger partial charge is 0.268 e. The second-order valence-corrected chi connectivity index (χ2v) is 7.54. The number of aryl methyl sites for hydroxylation is 1. The van der Waals surface area contributed by atoms with Gasteiger partial charge in [0.15, 0.2) is 4.32 Å². The van der Waals surface area contributed by atoms with Crippen LogP contribution in [0, 0.1) is 6.92 Å². The monoisotopic (exact) mass is 379 g/mol. The molecule has 23 heavy (non-hydrogen) atoms. The molecule has 116 valence electrons. The third-order valence-electron chi connectivity index (χ3n) is 3.33. The van der Waals surface area contributed by atoms with E-state index in [1.54, 1.807) is 24.3 Å². The first-order chi connectivity index (χ1) is 11.0. The number of anilines is 1. The molecule has 1 saturated heterocycles. The van der Waals surface area contributed by atoms with Gasteiger partial charge in [0.2, 0.25) is 0 Å². The molecule has 1 amide bonds. The minimum atomic E-state index is -0.144. The topological polar surface area (TPSA) is 20.3 Å². The second kappa shape index (κ2) is 6.65. The quantitative estimate of drug-likeness (QED) is 0.492. The summed E-state index contributed by atoms with van der Waals surface area (Å²) < 4.78 is 0.509. The highest BCUT2D eigenvalue weighted by Gasteiger charge is 2.33. The Balaban J connectivity index is 1.94. The van der Waals surface area contributed by atoms with E-state index < -0.39 is 0 Å². The van der Waals surface area contributed by atoms with Gasteiger partial charge in [-0.05, 0) is 42.8 Å². The molecular weight excluding hydrogens is 369 g/mol. The van der Waals surface area contributed by atoms with Crippen LogP contribution in [0.1, 0.15) is 11.1 Å². The van der Waals surface area contributed by atoms with Crippen LogP contribution in [-0.2, 0) is 4.79 Å². The average Bonchev–Trinajstić information content (AvgIpc) is 2.78. The number of nitrogens with zero attached hydrogens (tertiary/aromatic N) is 1. The number of hydrogen-bond acceptors (Lipinski definition) is 3. The van der Waals surface area contributed by atoms with Crippen LogP contribution in [0.15, 0.2) is 47.4 Å². The zero-order valence-electron chi connectivity index (χ0n) is 12.0. The van der Waals surface area contributed by atoms with Crippen molar-refractivity contribution >= 4 is 69.2 Å². The van der Waals surface area contributed by atoms with Gasteiger partial charge in [0, 0.05) is 10.0 Å². The number of amides is 1. The Morgan fingerprint density at radius 1 is 1.13 bits per heavy atom. The van der Waals surface area contributed by atoms with Gasteiger partial charge in [-0.1, -0.05) is 70.9 Å². The molecule has 0 N–H and O–H groups in total. The van der Waals surface area contributed by atoms with Crippen LogP contribution in [0.4, 0.5) is 5.69 Å². The van der Waals surface area contributed by atoms with Crippen LogP contribution in [0.25, 0.3) is 6.08 Å². The summed E-state index contributed by atoms with van der Waals surface area (Å²) in [6, 6.07) is 12.8. The second-order valence-electron chi connectivity index (χ2n) is 5.02. The molecule has 0 saturated carbocycles. The lowest BCUT2D eigenvalue weighted by Gasteiger charge is -2.14. The molecule has 3 rings (SSSR count). The fourth-order valence-electron chi connectivity index (χ4n) is 2.14. The molecule has 2 aromatic carbocycles. The number of thiocarbonyl (C=S) groups is 1. The van der Waals surface area contributed by atoms with Gasteiger partial charge in [0.1, 0.15) is 0 Å². The molecule has 1 fully saturated rings. The fourth-order valence-corrected chi connectivity index (χ4v) is 3.90. The SMILES string of the molecule is Cc1ccc(N2C(=O)/C(=C/c3ccc(Cl)cc3Cl)SC2=S)cc1. The molecule has 0 aromatic heterocycles. The molecule has 0 bridgehead atoms. The number of halogens is 2. The van der Waals surface area contributed by atoms with Crippen molar-refractivity contribution in [3.8, 4) is 0 Å². The van der Waals surface area contributed by atoms with Crippen LogP contribution in [-0.4, -0.2) is 10.2 Å². The van der Waals surface area contributed by atoms with Gasteiger partial charge in [0.25, 0.3) is 5.91 Å². The number of benzene rings is 2. The van der Waals surface area contributed by atoms with E-state index in [2.05, 4.69) is 0 Å². The zero-order valence-corrected chi connectivity index (χ0v) is 15.2. The average molecular weight is 380 g/mol. The van der Waals surface area contributed by atoms with Gasteiger partial charge >= 0.3 is 0 Å². The van der Waals surface area contributed by atoms with Crippen molar-refractivity contribution in [2.75, 3.05) is 4.90 Å². The van der Waals surface area contributed by atoms with Crippen LogP contribution in [0.3, 0.4) is 0 Å². The van der Waals surface area contributed by atoms with E-state index in [1.165, 1.54) is 16.7 Å². The van der Waals surface area contributed by atoms with E-state index in [4.69, 9.17) is 35.4 Å². The van der Waals surface area contributed by atoms with Crippen molar-refractivity contribution in [1.29, 1.82) is 0 Å². The van der Waals surface area contributed by atoms with E-state index in [0.717, 1.165) is 16.8 Å². The highest BCUT2D eigenvalue weighted by atomic mass is 35.5. The molecule has 6 heteroatoms. The molecule has 1 heterocycles. The zero-order chi connectivity index (χ0) is 16.6. The summed E-state index contributed by atoms with van der Waals surface area (Å²) >= 11 is 18.7. The molecule has 2 aromatic rings. The molecule has 0 aliphatic carbocycles. The first-order valence-electron chi connectivity index (χ1n) is 6.75. The lowest BCUT2D eigenvalue weighted by atomic mass is 10.2. The Kier molecular flexibility index (Phi) is 4.78. The number of carbonyl (C=O) groups is 1. The molecular formula is C17H11Cl2NOS2. The van der Waals surface area contributed by atoms with Crippen molar-refractivity contribution in [3.63, 3.8) is 0 Å². The maximum atomic E-state index is 12.7. The summed E-state index contributed by atoms with van der Waals surface area (Å²) in [4.78, 5) is 14.7. The van der Waals surface area contributed by atoms with Gasteiger partial charge in [-0.15, -0.1) is 0 Å². The molecule has 1 aliphatic rings. The van der Waals surface area contributed by atoms with E-state index >= 15 is 0 Å². The number of hydrogen-bond donors (Lipinski definition) is 0. The Labute approximate surface area is 154 Å². The lowest BCUT2D eigenvalue weighted by molar-refractivity contribution is -0.113. The van der Waals surface area contributed by atoms with Gasteiger partial charge in [0.05, 0.1) is 10.6 Å². The Morgan fingerprint density at radius 2 is 1.83 bits per heavy atom. The van der Waals surface area contributed by atoms with E-state index in [-0.39, 0.29) is 5.91 Å². The fraction of sp³-hybridized carbons (Fsp3) is 0.0588. The predicted molar refractivity (Wildman–Crippen MR) is 103 cm³/mol. The number of carbonyl (C=O) groups excluding carboxylic acids is 1. The maximum absolute atomic E-state index is 12.7. The van der Waals surface area contributed by atoms with Crippen LogP contribution in [0.5, 0.6) is 0 Å². The van der Waals surface area contributed by atoms with Gasteiger partial charge < -0.3 is 0 Å². The first-order valence-corrected chi connectivity index (χ1v) is 8.73. The summed E-state index contributed by atoms with van der Waals surface area (Å²) in [5, 5.41) is 1.05. The third kappa shape index (κ3) is 3.45. The van der Waals surface area contributed by atoms with Crippen molar-refractivity contribution in [2.24, 2.45) is 0 Å². The molecule has 0 atom stereocenters. The van der Waals surface area contributed by atoms with Crippen molar-refractivity contribution in [2.45, 2.75) is 6.92 Å². The molecule has 2 nitrogen and oxygen atoms in total. The first kappa shape index (κ1) is 16.5. The van der Waals surface area contributed by atoms with E-state index in [9.17, 15) is 4.79 Å². The highest BCUT2D eigenvalue weighted by Crippen LogP contribution is 2.37. The summed E-state index contributed by atoms with van der Waals surface area (Å²) in [7, 11) is 0. The van der Waals surface area contributed by atoms with Crippen LogP contribution >= 0.6 is 47.2 Å². The Bertz CT molecular complexity index is 831.